The van der Waals surface area contributed by atoms with Crippen LogP contribution >= 0.6 is 11.3 Å². The minimum Gasteiger partial charge on any atom is -0.339 e. The van der Waals surface area contributed by atoms with Crippen molar-refractivity contribution in [2.24, 2.45) is 5.92 Å². The van der Waals surface area contributed by atoms with Crippen LogP contribution in [0.2, 0.25) is 0 Å². The lowest BCUT2D eigenvalue weighted by Gasteiger charge is -2.32. The maximum absolute atomic E-state index is 14.0. The van der Waals surface area contributed by atoms with Crippen molar-refractivity contribution in [2.75, 3.05) is 13.1 Å². The number of thiazole rings is 1. The van der Waals surface area contributed by atoms with Crippen LogP contribution in [-0.4, -0.2) is 39.0 Å². The second kappa shape index (κ2) is 7.95. The Morgan fingerprint density at radius 3 is 3.07 bits per heavy atom. The number of hydrogen-bond acceptors (Lipinski definition) is 6. The molecule has 6 nitrogen and oxygen atoms in total. The van der Waals surface area contributed by atoms with Crippen molar-refractivity contribution in [1.82, 2.24) is 20.0 Å². The lowest BCUT2D eigenvalue weighted by molar-refractivity contribution is 0.0668. The van der Waals surface area contributed by atoms with Crippen LogP contribution in [0.5, 0.6) is 0 Å². The normalized spacial score (nSPS) is 16.8. The van der Waals surface area contributed by atoms with Gasteiger partial charge in [-0.25, -0.2) is 9.37 Å². The van der Waals surface area contributed by atoms with E-state index in [1.54, 1.807) is 23.7 Å². The predicted molar refractivity (Wildman–Crippen MR) is 112 cm³/mol. The first-order valence-corrected chi connectivity index (χ1v) is 10.8. The van der Waals surface area contributed by atoms with Gasteiger partial charge in [0.1, 0.15) is 5.82 Å². The maximum Gasteiger partial charge on any atom is 0.253 e. The van der Waals surface area contributed by atoms with Gasteiger partial charge in [-0.05, 0) is 49.1 Å². The molecule has 0 radical (unpaired) electrons. The van der Waals surface area contributed by atoms with Crippen molar-refractivity contribution >= 4 is 27.5 Å². The Balaban J connectivity index is 1.28. The topological polar surface area (TPSA) is 72.1 Å². The van der Waals surface area contributed by atoms with Gasteiger partial charge >= 0.3 is 0 Å². The first-order valence-electron chi connectivity index (χ1n) is 9.87. The van der Waals surface area contributed by atoms with E-state index >= 15 is 0 Å². The molecule has 1 amide bonds. The molecule has 0 bridgehead atoms. The molecule has 0 saturated carbocycles. The number of benzene rings is 2. The van der Waals surface area contributed by atoms with E-state index in [2.05, 4.69) is 15.1 Å². The van der Waals surface area contributed by atoms with Crippen LogP contribution in [0, 0.1) is 11.7 Å². The van der Waals surface area contributed by atoms with Crippen LogP contribution < -0.4 is 0 Å². The molecule has 8 heteroatoms. The molecule has 30 heavy (non-hydrogen) atoms. The maximum atomic E-state index is 14.0. The molecule has 0 spiro atoms. The van der Waals surface area contributed by atoms with Crippen molar-refractivity contribution in [3.05, 3.63) is 65.2 Å². The van der Waals surface area contributed by atoms with Gasteiger partial charge in [-0.2, -0.15) is 4.98 Å². The SMILES string of the molecule is O=C(c1ccc2ncsc2c1)N1CCC[C@H](Cc2nc(-c3ccccc3F)no2)C1. The summed E-state index contributed by atoms with van der Waals surface area (Å²) in [5, 5.41) is 3.93. The summed E-state index contributed by atoms with van der Waals surface area (Å²) in [6, 6.07) is 12.0. The van der Waals surface area contributed by atoms with Crippen LogP contribution in [0.1, 0.15) is 29.1 Å². The number of nitrogens with zero attached hydrogens (tertiary/aromatic N) is 4. The fraction of sp³-hybridized carbons (Fsp3) is 0.273. The highest BCUT2D eigenvalue weighted by molar-refractivity contribution is 7.16. The second-order valence-electron chi connectivity index (χ2n) is 7.49. The number of fused-ring (bicyclic) bond motifs is 1. The molecule has 4 aromatic rings. The number of aromatic nitrogens is 3. The second-order valence-corrected chi connectivity index (χ2v) is 8.38. The quantitative estimate of drug-likeness (QED) is 0.481. The molecule has 0 aliphatic carbocycles. The van der Waals surface area contributed by atoms with Gasteiger partial charge in [0.25, 0.3) is 5.91 Å². The Morgan fingerprint density at radius 1 is 1.27 bits per heavy atom. The zero-order valence-corrected chi connectivity index (χ0v) is 16.9. The molecule has 1 fully saturated rings. The Morgan fingerprint density at radius 2 is 2.17 bits per heavy atom. The lowest BCUT2D eigenvalue weighted by Crippen LogP contribution is -2.40. The highest BCUT2D eigenvalue weighted by Gasteiger charge is 2.26. The summed E-state index contributed by atoms with van der Waals surface area (Å²) in [6.07, 6.45) is 2.47. The molecule has 0 unspecified atom stereocenters. The van der Waals surface area contributed by atoms with E-state index in [1.165, 1.54) is 17.4 Å². The van der Waals surface area contributed by atoms with E-state index in [0.717, 1.165) is 29.6 Å². The standard InChI is InChI=1S/C22H19FN4O2S/c23-17-6-2-1-5-16(17)21-25-20(29-26-21)10-14-4-3-9-27(12-14)22(28)15-7-8-18-19(11-15)30-13-24-18/h1-2,5-8,11,13-14H,3-4,9-10,12H2/t14-/m1/s1. The monoisotopic (exact) mass is 422 g/mol. The van der Waals surface area contributed by atoms with Gasteiger partial charge in [0.05, 0.1) is 21.3 Å². The van der Waals surface area contributed by atoms with Crippen LogP contribution in [0.15, 0.2) is 52.5 Å². The van der Waals surface area contributed by atoms with Gasteiger partial charge < -0.3 is 9.42 Å². The first kappa shape index (κ1) is 18.9. The van der Waals surface area contributed by atoms with E-state index in [9.17, 15) is 9.18 Å². The molecular weight excluding hydrogens is 403 g/mol. The molecule has 1 atom stereocenters. The summed E-state index contributed by atoms with van der Waals surface area (Å²) >= 11 is 1.53. The van der Waals surface area contributed by atoms with Crippen LogP contribution in [0.4, 0.5) is 4.39 Å². The summed E-state index contributed by atoms with van der Waals surface area (Å²) in [6.45, 7) is 1.37. The molecule has 0 N–H and O–H groups in total. The molecule has 152 valence electrons. The minimum absolute atomic E-state index is 0.0348. The van der Waals surface area contributed by atoms with E-state index < -0.39 is 0 Å². The highest BCUT2D eigenvalue weighted by Crippen LogP contribution is 2.25. The number of likely N-dealkylation sites (tertiary alicyclic amines) is 1. The van der Waals surface area contributed by atoms with Gasteiger partial charge in [0.15, 0.2) is 0 Å². The van der Waals surface area contributed by atoms with E-state index in [0.29, 0.717) is 30.0 Å². The van der Waals surface area contributed by atoms with Gasteiger partial charge in [-0.1, -0.05) is 17.3 Å². The third-order valence-corrected chi connectivity index (χ3v) is 6.22. The van der Waals surface area contributed by atoms with Crippen molar-refractivity contribution in [3.63, 3.8) is 0 Å². The van der Waals surface area contributed by atoms with Gasteiger partial charge in [-0.15, -0.1) is 11.3 Å². The lowest BCUT2D eigenvalue weighted by atomic mass is 9.94. The third-order valence-electron chi connectivity index (χ3n) is 5.43. The molecule has 1 aliphatic rings. The molecule has 2 aromatic heterocycles. The largest absolute Gasteiger partial charge is 0.339 e. The molecule has 2 aromatic carbocycles. The van der Waals surface area contributed by atoms with Crippen LogP contribution in [0.3, 0.4) is 0 Å². The third kappa shape index (κ3) is 3.70. The highest BCUT2D eigenvalue weighted by atomic mass is 32.1. The zero-order chi connectivity index (χ0) is 20.5. The average Bonchev–Trinajstić information content (AvgIpc) is 3.42. The van der Waals surface area contributed by atoms with Crippen molar-refractivity contribution in [3.8, 4) is 11.4 Å². The summed E-state index contributed by atoms with van der Waals surface area (Å²) in [4.78, 5) is 23.5. The van der Waals surface area contributed by atoms with Crippen molar-refractivity contribution in [2.45, 2.75) is 19.3 Å². The van der Waals surface area contributed by atoms with Crippen LogP contribution in [-0.2, 0) is 6.42 Å². The predicted octanol–water partition coefficient (Wildman–Crippen LogP) is 4.58. The molecule has 1 aliphatic heterocycles. The number of carbonyl (C=O) groups excluding carboxylic acids is 1. The number of halogens is 1. The number of hydrogen-bond donors (Lipinski definition) is 0. The van der Waals surface area contributed by atoms with Gasteiger partial charge in [0, 0.05) is 25.1 Å². The Kier molecular flexibility index (Phi) is 5.00. The number of carbonyl (C=O) groups is 1. The smallest absolute Gasteiger partial charge is 0.253 e. The van der Waals surface area contributed by atoms with E-state index in [4.69, 9.17) is 4.52 Å². The number of piperidine rings is 1. The average molecular weight is 422 g/mol. The first-order chi connectivity index (χ1) is 14.7. The minimum atomic E-state index is -0.378. The molecule has 3 heterocycles. The fourth-order valence-electron chi connectivity index (χ4n) is 3.92. The van der Waals surface area contributed by atoms with Crippen molar-refractivity contribution in [1.29, 1.82) is 0 Å². The fourth-order valence-corrected chi connectivity index (χ4v) is 4.64. The summed E-state index contributed by atoms with van der Waals surface area (Å²) in [5.41, 5.74) is 3.71. The molecular formula is C22H19FN4O2S. The Hall–Kier alpha value is -3.13. The summed E-state index contributed by atoms with van der Waals surface area (Å²) in [7, 11) is 0. The zero-order valence-electron chi connectivity index (χ0n) is 16.1. The van der Waals surface area contributed by atoms with Gasteiger partial charge in [0.2, 0.25) is 11.7 Å². The Labute approximate surface area is 176 Å². The van der Waals surface area contributed by atoms with E-state index in [-0.39, 0.29) is 23.5 Å². The molecule has 5 rings (SSSR count). The number of amides is 1. The van der Waals surface area contributed by atoms with Crippen LogP contribution in [0.25, 0.3) is 21.6 Å². The summed E-state index contributed by atoms with van der Waals surface area (Å²) < 4.78 is 20.3. The van der Waals surface area contributed by atoms with Gasteiger partial charge in [-0.3, -0.25) is 4.79 Å². The molecule has 1 saturated heterocycles. The van der Waals surface area contributed by atoms with E-state index in [1.807, 2.05) is 23.1 Å². The Bertz CT molecular complexity index is 1200. The number of rotatable bonds is 4. The van der Waals surface area contributed by atoms with Crippen molar-refractivity contribution < 1.29 is 13.7 Å². The summed E-state index contributed by atoms with van der Waals surface area (Å²) in [5.74, 6) is 0.608.